The fourth-order valence-corrected chi connectivity index (χ4v) is 3.06. The van der Waals surface area contributed by atoms with Crippen molar-refractivity contribution in [2.45, 2.75) is 19.4 Å². The van der Waals surface area contributed by atoms with Crippen LogP contribution >= 0.6 is 0 Å². The van der Waals surface area contributed by atoms with Crippen molar-refractivity contribution in [2.24, 2.45) is 0 Å². The molecule has 3 rings (SSSR count). The maximum Gasteiger partial charge on any atom is 0.274 e. The van der Waals surface area contributed by atoms with E-state index < -0.39 is 0 Å². The van der Waals surface area contributed by atoms with Gasteiger partial charge in [-0.2, -0.15) is 0 Å². The van der Waals surface area contributed by atoms with E-state index >= 15 is 0 Å². The molecule has 1 fully saturated rings. The average Bonchev–Trinajstić information content (AvgIpc) is 3.20. The first-order chi connectivity index (χ1) is 11.5. The van der Waals surface area contributed by atoms with Crippen molar-refractivity contribution in [3.8, 4) is 0 Å². The molecule has 2 aromatic heterocycles. The number of aromatic nitrogens is 2. The van der Waals surface area contributed by atoms with Crippen LogP contribution in [0.15, 0.2) is 24.4 Å². The Morgan fingerprint density at radius 3 is 2.83 bits per heavy atom. The van der Waals surface area contributed by atoms with Crippen LogP contribution in [0.3, 0.4) is 0 Å². The normalized spacial score (nSPS) is 17.7. The fraction of sp³-hybridized carbons (Fsp3) is 0.471. The smallest absolute Gasteiger partial charge is 0.274 e. The second-order valence-electron chi connectivity index (χ2n) is 6.28. The van der Waals surface area contributed by atoms with Crippen LogP contribution in [0.5, 0.6) is 0 Å². The summed E-state index contributed by atoms with van der Waals surface area (Å²) >= 11 is 0. The van der Waals surface area contributed by atoms with Gasteiger partial charge in [-0.15, -0.1) is 0 Å². The monoisotopic (exact) mass is 329 g/mol. The molecule has 7 nitrogen and oxygen atoms in total. The highest BCUT2D eigenvalue weighted by Gasteiger charge is 2.29. The first-order valence-corrected chi connectivity index (χ1v) is 8.23. The summed E-state index contributed by atoms with van der Waals surface area (Å²) in [6.07, 6.45) is 2.63. The maximum atomic E-state index is 12.7. The van der Waals surface area contributed by atoms with Crippen LogP contribution in [0.25, 0.3) is 5.65 Å². The topological polar surface area (TPSA) is 70.0 Å². The third kappa shape index (κ3) is 2.99. The molecule has 1 aliphatic heterocycles. The Morgan fingerprint density at radius 2 is 2.17 bits per heavy atom. The van der Waals surface area contributed by atoms with E-state index in [1.54, 1.807) is 28.8 Å². The lowest BCUT2D eigenvalue weighted by Crippen LogP contribution is -2.34. The second-order valence-corrected chi connectivity index (χ2v) is 6.28. The number of rotatable bonds is 4. The van der Waals surface area contributed by atoms with Crippen LogP contribution in [-0.2, 0) is 0 Å². The molecule has 1 unspecified atom stereocenters. The predicted molar refractivity (Wildman–Crippen MR) is 91.2 cm³/mol. The summed E-state index contributed by atoms with van der Waals surface area (Å²) < 4.78 is 1.68. The summed E-state index contributed by atoms with van der Waals surface area (Å²) in [7, 11) is 4.06. The number of nitrogens with one attached hydrogen (secondary N) is 1. The van der Waals surface area contributed by atoms with E-state index in [0.29, 0.717) is 36.2 Å². The zero-order chi connectivity index (χ0) is 17.3. The standard InChI is InChI=1S/C17H23N5O2/c1-4-18-16(23)14-6-5-7-15-19-13(11-22(14)15)17(24)21-9-8-12(10-21)20(2)3/h5-7,11-12H,4,8-10H2,1-3H3,(H,18,23). The minimum Gasteiger partial charge on any atom is -0.351 e. The molecular weight excluding hydrogens is 306 g/mol. The van der Waals surface area contributed by atoms with Crippen molar-refractivity contribution in [3.05, 3.63) is 35.8 Å². The molecule has 0 bridgehead atoms. The van der Waals surface area contributed by atoms with Crippen molar-refractivity contribution in [1.82, 2.24) is 24.5 Å². The number of hydrogen-bond donors (Lipinski definition) is 1. The highest BCUT2D eigenvalue weighted by molar-refractivity contribution is 5.95. The van der Waals surface area contributed by atoms with E-state index in [1.165, 1.54) is 0 Å². The molecule has 0 aromatic carbocycles. The highest BCUT2D eigenvalue weighted by Crippen LogP contribution is 2.17. The summed E-state index contributed by atoms with van der Waals surface area (Å²) in [6.45, 7) is 3.87. The molecular formula is C17H23N5O2. The van der Waals surface area contributed by atoms with Gasteiger partial charge >= 0.3 is 0 Å². The van der Waals surface area contributed by atoms with Gasteiger partial charge in [0.15, 0.2) is 0 Å². The molecule has 0 radical (unpaired) electrons. The van der Waals surface area contributed by atoms with Crippen molar-refractivity contribution >= 4 is 17.5 Å². The van der Waals surface area contributed by atoms with Crippen molar-refractivity contribution < 1.29 is 9.59 Å². The van der Waals surface area contributed by atoms with E-state index in [-0.39, 0.29) is 11.8 Å². The van der Waals surface area contributed by atoms with Crippen LogP contribution in [0.4, 0.5) is 0 Å². The first kappa shape index (κ1) is 16.4. The van der Waals surface area contributed by atoms with Crippen molar-refractivity contribution in [3.63, 3.8) is 0 Å². The molecule has 2 aromatic rings. The summed E-state index contributed by atoms with van der Waals surface area (Å²) in [5.41, 5.74) is 1.46. The second kappa shape index (κ2) is 6.60. The van der Waals surface area contributed by atoms with Gasteiger partial charge in [-0.05, 0) is 39.6 Å². The lowest BCUT2D eigenvalue weighted by atomic mass is 10.2. The van der Waals surface area contributed by atoms with E-state index in [1.807, 2.05) is 25.9 Å². The number of likely N-dealkylation sites (tertiary alicyclic amines) is 1. The Bertz CT molecular complexity index is 767. The molecule has 1 aliphatic rings. The lowest BCUT2D eigenvalue weighted by molar-refractivity contribution is 0.0777. The number of imidazole rings is 1. The number of carbonyl (C=O) groups is 2. The van der Waals surface area contributed by atoms with Crippen molar-refractivity contribution in [2.75, 3.05) is 33.7 Å². The van der Waals surface area contributed by atoms with Crippen LogP contribution < -0.4 is 5.32 Å². The van der Waals surface area contributed by atoms with Gasteiger partial charge in [0.05, 0.1) is 0 Å². The maximum absolute atomic E-state index is 12.7. The third-order valence-electron chi connectivity index (χ3n) is 4.46. The Hall–Kier alpha value is -2.41. The van der Waals surface area contributed by atoms with Gasteiger partial charge in [-0.25, -0.2) is 4.98 Å². The number of fused-ring (bicyclic) bond motifs is 1. The minimum atomic E-state index is -0.173. The highest BCUT2D eigenvalue weighted by atomic mass is 16.2. The van der Waals surface area contributed by atoms with E-state index in [0.717, 1.165) is 13.0 Å². The molecule has 3 heterocycles. The van der Waals surface area contributed by atoms with E-state index in [2.05, 4.69) is 15.2 Å². The fourth-order valence-electron chi connectivity index (χ4n) is 3.06. The van der Waals surface area contributed by atoms with Gasteiger partial charge in [-0.1, -0.05) is 6.07 Å². The Kier molecular flexibility index (Phi) is 4.53. The molecule has 1 N–H and O–H groups in total. The van der Waals surface area contributed by atoms with Gasteiger partial charge in [0.25, 0.3) is 11.8 Å². The predicted octanol–water partition coefficient (Wildman–Crippen LogP) is 0.860. The molecule has 0 spiro atoms. The minimum absolute atomic E-state index is 0.0788. The van der Waals surface area contributed by atoms with Gasteiger partial charge in [-0.3, -0.25) is 14.0 Å². The first-order valence-electron chi connectivity index (χ1n) is 8.23. The molecule has 7 heteroatoms. The zero-order valence-electron chi connectivity index (χ0n) is 14.3. The molecule has 0 saturated carbocycles. The summed E-state index contributed by atoms with van der Waals surface area (Å²) in [5.74, 6) is -0.252. The Balaban J connectivity index is 1.87. The Labute approximate surface area is 141 Å². The summed E-state index contributed by atoms with van der Waals surface area (Å²) in [5, 5.41) is 2.78. The lowest BCUT2D eigenvalue weighted by Gasteiger charge is -2.19. The quantitative estimate of drug-likeness (QED) is 0.903. The number of pyridine rings is 1. The molecule has 1 saturated heterocycles. The van der Waals surface area contributed by atoms with Gasteiger partial charge in [0.1, 0.15) is 17.0 Å². The van der Waals surface area contributed by atoms with Gasteiger partial charge in [0.2, 0.25) is 0 Å². The summed E-state index contributed by atoms with van der Waals surface area (Å²) in [4.78, 5) is 33.3. The van der Waals surface area contributed by atoms with Gasteiger partial charge in [0, 0.05) is 31.9 Å². The van der Waals surface area contributed by atoms with Crippen LogP contribution in [0.1, 0.15) is 34.3 Å². The number of carbonyl (C=O) groups excluding carboxylic acids is 2. The number of amides is 2. The van der Waals surface area contributed by atoms with Crippen LogP contribution in [0.2, 0.25) is 0 Å². The van der Waals surface area contributed by atoms with Crippen LogP contribution in [-0.4, -0.2) is 70.8 Å². The molecule has 0 aliphatic carbocycles. The SMILES string of the molecule is CCNC(=O)c1cccc2nc(C(=O)N3CCC(N(C)C)C3)cn12. The van der Waals surface area contributed by atoms with E-state index in [4.69, 9.17) is 0 Å². The largest absolute Gasteiger partial charge is 0.351 e. The van der Waals surface area contributed by atoms with E-state index in [9.17, 15) is 9.59 Å². The number of hydrogen-bond acceptors (Lipinski definition) is 4. The Morgan fingerprint density at radius 1 is 1.38 bits per heavy atom. The van der Waals surface area contributed by atoms with Crippen LogP contribution in [0, 0.1) is 0 Å². The molecule has 128 valence electrons. The number of nitrogens with zero attached hydrogens (tertiary/aromatic N) is 4. The average molecular weight is 329 g/mol. The molecule has 1 atom stereocenters. The summed E-state index contributed by atoms with van der Waals surface area (Å²) in [6, 6.07) is 5.69. The van der Waals surface area contributed by atoms with Gasteiger partial charge < -0.3 is 15.1 Å². The molecule has 2 amide bonds. The molecule has 24 heavy (non-hydrogen) atoms. The van der Waals surface area contributed by atoms with Crippen molar-refractivity contribution in [1.29, 1.82) is 0 Å². The third-order valence-corrected chi connectivity index (χ3v) is 4.46. The zero-order valence-corrected chi connectivity index (χ0v) is 14.3. The number of likely N-dealkylation sites (N-methyl/N-ethyl adjacent to an activating group) is 1.